The molecule has 2 aromatic carbocycles. The molecule has 2 aromatic rings. The van der Waals surface area contributed by atoms with Crippen LogP contribution in [0.25, 0.3) is 0 Å². The predicted molar refractivity (Wildman–Crippen MR) is 102 cm³/mol. The predicted octanol–water partition coefficient (Wildman–Crippen LogP) is 4.91. The summed E-state index contributed by atoms with van der Waals surface area (Å²) < 4.78 is 11.4. The van der Waals surface area contributed by atoms with Gasteiger partial charge in [0.15, 0.2) is 0 Å². The van der Waals surface area contributed by atoms with E-state index in [9.17, 15) is 0 Å². The summed E-state index contributed by atoms with van der Waals surface area (Å²) in [5, 5.41) is 0. The highest BCUT2D eigenvalue weighted by Gasteiger charge is 2.41. The highest BCUT2D eigenvalue weighted by atomic mass is 16.5. The Morgan fingerprint density at radius 3 is 2.28 bits per heavy atom. The molecule has 3 heteroatoms. The van der Waals surface area contributed by atoms with E-state index in [1.165, 1.54) is 44.3 Å². The van der Waals surface area contributed by atoms with Crippen molar-refractivity contribution in [3.05, 3.63) is 54.6 Å². The molecule has 0 bridgehead atoms. The van der Waals surface area contributed by atoms with Crippen LogP contribution in [0.2, 0.25) is 0 Å². The molecule has 132 valence electrons. The van der Waals surface area contributed by atoms with E-state index in [2.05, 4.69) is 41.3 Å². The van der Waals surface area contributed by atoms with Crippen molar-refractivity contribution in [2.75, 3.05) is 25.1 Å². The monoisotopic (exact) mass is 337 g/mol. The maximum atomic E-state index is 6.17. The number of rotatable bonds is 4. The zero-order valence-corrected chi connectivity index (χ0v) is 15.0. The van der Waals surface area contributed by atoms with Gasteiger partial charge in [0.2, 0.25) is 0 Å². The Morgan fingerprint density at radius 1 is 0.880 bits per heavy atom. The standard InChI is InChI=1S/C22H27NO2/c1-24-19-9-7-18(8-10-19)23-16-15-22(17-23)13-11-21(12-14-22)25-20-5-3-2-4-6-20/h2-10,21H,11-17H2,1H3/t21-,22-. The zero-order chi connectivity index (χ0) is 17.1. The molecule has 1 aliphatic heterocycles. The van der Waals surface area contributed by atoms with Crippen molar-refractivity contribution < 1.29 is 9.47 Å². The first-order valence-corrected chi connectivity index (χ1v) is 9.37. The Kier molecular flexibility index (Phi) is 4.56. The lowest BCUT2D eigenvalue weighted by molar-refractivity contribution is 0.0906. The van der Waals surface area contributed by atoms with Crippen LogP contribution < -0.4 is 14.4 Å². The van der Waals surface area contributed by atoms with Gasteiger partial charge in [-0.15, -0.1) is 0 Å². The smallest absolute Gasteiger partial charge is 0.119 e. The summed E-state index contributed by atoms with van der Waals surface area (Å²) in [7, 11) is 1.72. The minimum Gasteiger partial charge on any atom is -0.497 e. The first-order valence-electron chi connectivity index (χ1n) is 9.37. The second-order valence-electron chi connectivity index (χ2n) is 7.50. The van der Waals surface area contributed by atoms with E-state index in [0.29, 0.717) is 11.5 Å². The van der Waals surface area contributed by atoms with Gasteiger partial charge in [-0.05, 0) is 73.9 Å². The topological polar surface area (TPSA) is 21.7 Å². The molecule has 1 aliphatic carbocycles. The number of para-hydroxylation sites is 1. The van der Waals surface area contributed by atoms with Crippen LogP contribution in [0.4, 0.5) is 5.69 Å². The van der Waals surface area contributed by atoms with Gasteiger partial charge in [0.25, 0.3) is 0 Å². The molecule has 2 fully saturated rings. The van der Waals surface area contributed by atoms with Crippen LogP contribution in [-0.2, 0) is 0 Å². The van der Waals surface area contributed by atoms with Crippen molar-refractivity contribution >= 4 is 5.69 Å². The van der Waals surface area contributed by atoms with Gasteiger partial charge in [-0.3, -0.25) is 0 Å². The van der Waals surface area contributed by atoms with Gasteiger partial charge in [0.1, 0.15) is 11.5 Å². The van der Waals surface area contributed by atoms with Gasteiger partial charge in [-0.25, -0.2) is 0 Å². The summed E-state index contributed by atoms with van der Waals surface area (Å²) in [5.41, 5.74) is 1.80. The van der Waals surface area contributed by atoms with Crippen LogP contribution in [0.15, 0.2) is 54.6 Å². The highest BCUT2D eigenvalue weighted by Crippen LogP contribution is 2.45. The van der Waals surface area contributed by atoms with Gasteiger partial charge < -0.3 is 14.4 Å². The Bertz CT molecular complexity index is 675. The molecular formula is C22H27NO2. The summed E-state index contributed by atoms with van der Waals surface area (Å²) in [5.74, 6) is 1.94. The van der Waals surface area contributed by atoms with Crippen molar-refractivity contribution in [2.45, 2.75) is 38.2 Å². The third-order valence-corrected chi connectivity index (χ3v) is 5.92. The van der Waals surface area contributed by atoms with E-state index in [0.717, 1.165) is 18.0 Å². The van der Waals surface area contributed by atoms with Crippen LogP contribution in [0, 0.1) is 5.41 Å². The summed E-state index contributed by atoms with van der Waals surface area (Å²) in [6, 6.07) is 18.7. The average molecular weight is 337 g/mol. The maximum absolute atomic E-state index is 6.17. The molecule has 25 heavy (non-hydrogen) atoms. The minimum atomic E-state index is 0.378. The van der Waals surface area contributed by atoms with Crippen molar-refractivity contribution in [3.8, 4) is 11.5 Å². The molecule has 0 N–H and O–H groups in total. The fourth-order valence-corrected chi connectivity index (χ4v) is 4.37. The number of anilines is 1. The van der Waals surface area contributed by atoms with E-state index >= 15 is 0 Å². The lowest BCUT2D eigenvalue weighted by Gasteiger charge is -2.37. The van der Waals surface area contributed by atoms with Crippen molar-refractivity contribution in [1.29, 1.82) is 0 Å². The first-order chi connectivity index (χ1) is 12.3. The molecule has 1 spiro atoms. The third-order valence-electron chi connectivity index (χ3n) is 5.92. The number of hydrogen-bond acceptors (Lipinski definition) is 3. The summed E-state index contributed by atoms with van der Waals surface area (Å²) in [6.45, 7) is 2.34. The summed E-state index contributed by atoms with van der Waals surface area (Å²) in [4.78, 5) is 2.54. The number of hydrogen-bond donors (Lipinski definition) is 0. The van der Waals surface area contributed by atoms with Crippen molar-refractivity contribution in [2.24, 2.45) is 5.41 Å². The second-order valence-corrected chi connectivity index (χ2v) is 7.50. The minimum absolute atomic E-state index is 0.378. The average Bonchev–Trinajstić information content (AvgIpc) is 3.09. The van der Waals surface area contributed by atoms with Crippen LogP contribution in [0.3, 0.4) is 0 Å². The van der Waals surface area contributed by atoms with E-state index in [1.807, 2.05) is 18.2 Å². The van der Waals surface area contributed by atoms with Gasteiger partial charge in [-0.1, -0.05) is 18.2 Å². The van der Waals surface area contributed by atoms with Gasteiger partial charge in [-0.2, -0.15) is 0 Å². The molecular weight excluding hydrogens is 310 g/mol. The lowest BCUT2D eigenvalue weighted by Crippen LogP contribution is -2.34. The highest BCUT2D eigenvalue weighted by molar-refractivity contribution is 5.50. The molecule has 0 aromatic heterocycles. The molecule has 4 rings (SSSR count). The Morgan fingerprint density at radius 2 is 1.60 bits per heavy atom. The lowest BCUT2D eigenvalue weighted by atomic mass is 9.72. The molecule has 1 saturated heterocycles. The van der Waals surface area contributed by atoms with Gasteiger partial charge in [0.05, 0.1) is 13.2 Å². The van der Waals surface area contributed by atoms with Gasteiger partial charge in [0, 0.05) is 18.8 Å². The van der Waals surface area contributed by atoms with Crippen LogP contribution in [0.5, 0.6) is 11.5 Å². The van der Waals surface area contributed by atoms with E-state index in [1.54, 1.807) is 7.11 Å². The largest absolute Gasteiger partial charge is 0.497 e. The number of benzene rings is 2. The van der Waals surface area contributed by atoms with Crippen LogP contribution in [-0.4, -0.2) is 26.3 Å². The normalized spacial score (nSPS) is 26.0. The fraction of sp³-hybridized carbons (Fsp3) is 0.455. The number of methoxy groups -OCH3 is 1. The Labute approximate surface area is 150 Å². The van der Waals surface area contributed by atoms with Crippen LogP contribution >= 0.6 is 0 Å². The van der Waals surface area contributed by atoms with E-state index < -0.39 is 0 Å². The third kappa shape index (κ3) is 3.60. The molecule has 2 aliphatic rings. The fourth-order valence-electron chi connectivity index (χ4n) is 4.37. The molecule has 1 saturated carbocycles. The Balaban J connectivity index is 1.34. The maximum Gasteiger partial charge on any atom is 0.119 e. The van der Waals surface area contributed by atoms with Crippen molar-refractivity contribution in [1.82, 2.24) is 0 Å². The molecule has 0 atom stereocenters. The SMILES string of the molecule is COc1ccc(N2CC[C@]3(CC[C@@H](Oc4ccccc4)CC3)C2)cc1. The van der Waals surface area contributed by atoms with E-state index in [4.69, 9.17) is 9.47 Å². The number of nitrogens with zero attached hydrogens (tertiary/aromatic N) is 1. The zero-order valence-electron chi connectivity index (χ0n) is 15.0. The van der Waals surface area contributed by atoms with E-state index in [-0.39, 0.29) is 0 Å². The number of ether oxygens (including phenoxy) is 2. The van der Waals surface area contributed by atoms with Crippen LogP contribution in [0.1, 0.15) is 32.1 Å². The van der Waals surface area contributed by atoms with Gasteiger partial charge >= 0.3 is 0 Å². The summed E-state index contributed by atoms with van der Waals surface area (Å²) in [6.07, 6.45) is 6.57. The molecule has 1 heterocycles. The van der Waals surface area contributed by atoms with Crippen molar-refractivity contribution in [3.63, 3.8) is 0 Å². The Hall–Kier alpha value is -2.16. The first kappa shape index (κ1) is 16.3. The molecule has 0 unspecified atom stereocenters. The summed E-state index contributed by atoms with van der Waals surface area (Å²) >= 11 is 0. The quantitative estimate of drug-likeness (QED) is 0.791. The second kappa shape index (κ2) is 6.99. The molecule has 0 radical (unpaired) electrons. The molecule has 3 nitrogen and oxygen atoms in total. The molecule has 0 amide bonds.